The van der Waals surface area contributed by atoms with Gasteiger partial charge in [0, 0.05) is 46.1 Å². The average molecular weight is 536 g/mol. The molecule has 1 aliphatic carbocycles. The Morgan fingerprint density at radius 3 is 2.50 bits per heavy atom. The first-order chi connectivity index (χ1) is 11.7. The van der Waals surface area contributed by atoms with Crippen LogP contribution >= 0.6 is 0 Å². The summed E-state index contributed by atoms with van der Waals surface area (Å²) in [5, 5.41) is 10.2. The van der Waals surface area contributed by atoms with Crippen molar-refractivity contribution < 1.29 is 35.1 Å². The summed E-state index contributed by atoms with van der Waals surface area (Å²) in [6.45, 7) is 14.8. The van der Waals surface area contributed by atoms with Crippen molar-refractivity contribution in [2.75, 3.05) is 26.7 Å². The molecular weight excluding hydrogens is 506 g/mol. The molecule has 0 spiro atoms. The molecule has 0 aromatic heterocycles. The number of amidine groups is 1. The van der Waals surface area contributed by atoms with Crippen molar-refractivity contribution in [2.45, 2.75) is 45.8 Å². The van der Waals surface area contributed by atoms with Crippen LogP contribution in [0.2, 0.25) is 0 Å². The molecule has 0 bridgehead atoms. The fraction of sp³-hybridized carbons (Fsp3) is 0.667. The molecule has 0 aromatic carbocycles. The zero-order chi connectivity index (χ0) is 18.8. The van der Waals surface area contributed by atoms with E-state index < -0.39 is 11.7 Å². The molecule has 0 unspecified atom stereocenters. The van der Waals surface area contributed by atoms with Crippen LogP contribution in [0.15, 0.2) is 21.3 Å². The molecule has 147 valence electrons. The predicted octanol–water partition coefficient (Wildman–Crippen LogP) is 2.08. The van der Waals surface area contributed by atoms with E-state index in [9.17, 15) is 9.90 Å². The monoisotopic (exact) mass is 536 g/mol. The number of rotatable bonds is 2. The second-order valence-corrected chi connectivity index (χ2v) is 7.46. The van der Waals surface area contributed by atoms with Crippen molar-refractivity contribution >= 4 is 18.6 Å². The zero-order valence-electron chi connectivity index (χ0n) is 16.2. The number of nitrogens with zero attached hydrogens (tertiary/aromatic N) is 4. The molecule has 1 N–H and O–H groups in total. The quantitative estimate of drug-likeness (QED) is 0.334. The summed E-state index contributed by atoms with van der Waals surface area (Å²) in [6, 6.07) is 0. The number of piperazine rings is 1. The van der Waals surface area contributed by atoms with E-state index in [1.807, 2.05) is 32.2 Å². The number of hydrogen-bond acceptors (Lipinski definition) is 5. The second-order valence-electron chi connectivity index (χ2n) is 7.46. The molecule has 1 fully saturated rings. The molecule has 8 heteroatoms. The Hall–Kier alpha value is -1.23. The van der Waals surface area contributed by atoms with E-state index >= 15 is 0 Å². The van der Waals surface area contributed by atoms with E-state index in [0.29, 0.717) is 31.8 Å². The third kappa shape index (κ3) is 5.15. The van der Waals surface area contributed by atoms with E-state index in [1.165, 1.54) is 0 Å². The van der Waals surface area contributed by atoms with Crippen LogP contribution in [-0.2, 0) is 25.2 Å². The summed E-state index contributed by atoms with van der Waals surface area (Å²) in [4.78, 5) is 24.3. The van der Waals surface area contributed by atoms with E-state index in [2.05, 4.69) is 23.6 Å². The maximum Gasteiger partial charge on any atom is 0.407 e. The van der Waals surface area contributed by atoms with Crippen molar-refractivity contribution in [2.24, 2.45) is 15.9 Å². The fourth-order valence-electron chi connectivity index (χ4n) is 3.22. The Morgan fingerprint density at radius 2 is 2.04 bits per heavy atom. The Kier molecular flexibility index (Phi) is 8.00. The Balaban J connectivity index is 0.00000338. The predicted molar refractivity (Wildman–Crippen MR) is 98.5 cm³/mol. The molecule has 2 rings (SSSR count). The third-order valence-electron chi connectivity index (χ3n) is 4.34. The normalized spacial score (nSPS) is 24.5. The summed E-state index contributed by atoms with van der Waals surface area (Å²) in [5.74, 6) is 0.946. The van der Waals surface area contributed by atoms with Gasteiger partial charge in [-0.3, -0.25) is 9.98 Å². The van der Waals surface area contributed by atoms with Gasteiger partial charge in [-0.05, 0) is 39.8 Å². The van der Waals surface area contributed by atoms with Gasteiger partial charge in [-0.1, -0.05) is 13.5 Å². The van der Waals surface area contributed by atoms with Gasteiger partial charge in [-0.2, -0.15) is 0 Å². The smallest absolute Gasteiger partial charge is 0.407 e. The Labute approximate surface area is 169 Å². The first kappa shape index (κ1) is 22.8. The minimum atomic E-state index is -0.595. The van der Waals surface area contributed by atoms with Crippen LogP contribution in [0.5, 0.6) is 0 Å². The third-order valence-corrected chi connectivity index (χ3v) is 4.34. The summed E-state index contributed by atoms with van der Waals surface area (Å²) in [6.07, 6.45) is -0.279. The largest absolute Gasteiger partial charge is 0.504 e. The Morgan fingerprint density at radius 1 is 1.38 bits per heavy atom. The maximum absolute atomic E-state index is 12.2. The van der Waals surface area contributed by atoms with Crippen LogP contribution in [0.1, 0.15) is 34.1 Å². The second kappa shape index (κ2) is 9.12. The van der Waals surface area contributed by atoms with Gasteiger partial charge < -0.3 is 19.6 Å². The van der Waals surface area contributed by atoms with Crippen LogP contribution in [0, 0.1) is 12.5 Å². The number of aliphatic imine (C=N–C) groups is 2. The molecule has 0 saturated carbocycles. The number of carbonyl (C=O) groups excluding carboxylic acids is 1. The number of ether oxygens (including phenoxy) is 1. The van der Waals surface area contributed by atoms with E-state index in [-0.39, 0.29) is 32.4 Å². The van der Waals surface area contributed by atoms with E-state index in [4.69, 9.17) is 4.74 Å². The van der Waals surface area contributed by atoms with Gasteiger partial charge in [0.2, 0.25) is 0 Å². The molecule has 1 aliphatic heterocycles. The molecule has 0 aromatic rings. The van der Waals surface area contributed by atoms with E-state index in [0.717, 1.165) is 11.4 Å². The van der Waals surface area contributed by atoms with Crippen molar-refractivity contribution in [1.29, 1.82) is 0 Å². The van der Waals surface area contributed by atoms with Crippen LogP contribution < -0.4 is 0 Å². The van der Waals surface area contributed by atoms with Crippen molar-refractivity contribution in [1.82, 2.24) is 9.80 Å². The zero-order valence-corrected chi connectivity index (χ0v) is 18.9. The molecule has 1 amide bonds. The minimum Gasteiger partial charge on any atom is -0.504 e. The first-order valence-corrected chi connectivity index (χ1v) is 8.61. The number of aliphatic hydroxyl groups excluding tert-OH is 1. The van der Waals surface area contributed by atoms with Crippen LogP contribution in [0.4, 0.5) is 4.79 Å². The van der Waals surface area contributed by atoms with Crippen LogP contribution in [0.25, 0.3) is 0 Å². The summed E-state index contributed by atoms with van der Waals surface area (Å²) >= 11 is 0. The number of carbonyl (C=O) groups is 1. The van der Waals surface area contributed by atoms with Gasteiger partial charge >= 0.3 is 6.09 Å². The van der Waals surface area contributed by atoms with Gasteiger partial charge in [-0.15, -0.1) is 0 Å². The summed E-state index contributed by atoms with van der Waals surface area (Å²) in [7, 11) is 1.73. The first-order valence-electron chi connectivity index (χ1n) is 8.61. The molecule has 1 heterocycles. The molecule has 1 saturated heterocycles. The molecule has 1 radical (unpaired) electrons. The summed E-state index contributed by atoms with van der Waals surface area (Å²) < 4.78 is 5.42. The average Bonchev–Trinajstić information content (AvgIpc) is 2.81. The number of aliphatic hydroxyl groups is 1. The maximum atomic E-state index is 12.2. The van der Waals surface area contributed by atoms with Gasteiger partial charge in [0.15, 0.2) is 0 Å². The van der Waals surface area contributed by atoms with Gasteiger partial charge in [0.25, 0.3) is 0 Å². The topological polar surface area (TPSA) is 77.7 Å². The number of amides is 1. The van der Waals surface area contributed by atoms with Crippen molar-refractivity contribution in [3.8, 4) is 0 Å². The molecule has 2 atom stereocenters. The van der Waals surface area contributed by atoms with Crippen molar-refractivity contribution in [3.63, 3.8) is 0 Å². The molecule has 7 nitrogen and oxygen atoms in total. The van der Waals surface area contributed by atoms with Gasteiger partial charge in [0.05, 0.1) is 17.6 Å². The fourth-order valence-corrected chi connectivity index (χ4v) is 3.22. The number of hydrogen-bond donors (Lipinski definition) is 1. The molecular formula is C18H29N4O3Re-. The van der Waals surface area contributed by atoms with Crippen LogP contribution in [0.3, 0.4) is 0 Å². The van der Waals surface area contributed by atoms with Crippen molar-refractivity contribution in [3.05, 3.63) is 17.8 Å². The minimum absolute atomic E-state index is 0. The summed E-state index contributed by atoms with van der Waals surface area (Å²) in [5.41, 5.74) is 1.04. The van der Waals surface area contributed by atoms with Gasteiger partial charge in [-0.25, -0.2) is 11.3 Å². The molecule has 26 heavy (non-hydrogen) atoms. The SMILES string of the molecule is C=NC1=C(C(=NC)N2[CH-]CN(C(=O)OC(C)(C)C)CC2)[C@H](C)C[C@H]1O.[Re]. The van der Waals surface area contributed by atoms with E-state index in [1.54, 1.807) is 11.9 Å². The standard InChI is InChI=1S/C18H29N4O3.Re/c1-12-11-13(23)15(19-5)14(12)16(20-6)21-7-9-22(10-8-21)17(24)25-18(2,3)4;/h7,12-13,23H,5,8-11H2,1-4,6H3;/q-1;/t12-,13-;/m1./s1. The van der Waals surface area contributed by atoms with Crippen LogP contribution in [-0.4, -0.2) is 71.9 Å². The Bertz CT molecular complexity index is 590. The van der Waals surface area contributed by atoms with Gasteiger partial charge in [0.1, 0.15) is 5.60 Å². The molecule has 2 aliphatic rings.